The summed E-state index contributed by atoms with van der Waals surface area (Å²) in [6.45, 7) is 5.80. The second-order valence-electron chi connectivity index (χ2n) is 4.63. The monoisotopic (exact) mass is 288 g/mol. The van der Waals surface area contributed by atoms with E-state index in [-0.39, 0.29) is 10.6 Å². The highest BCUT2D eigenvalue weighted by Gasteiger charge is 2.31. The van der Waals surface area contributed by atoms with Crippen LogP contribution in [0, 0.1) is 5.82 Å². The summed E-state index contributed by atoms with van der Waals surface area (Å²) in [5.74, 6) is -0.552. The number of hydrogen-bond acceptors (Lipinski definition) is 3. The van der Waals surface area contributed by atoms with Crippen LogP contribution in [-0.4, -0.2) is 14.0 Å². The second-order valence-corrected chi connectivity index (χ2v) is 6.28. The smallest absolute Gasteiger partial charge is 0.243 e. The lowest BCUT2D eigenvalue weighted by Gasteiger charge is -2.31. The van der Waals surface area contributed by atoms with Crippen molar-refractivity contribution in [1.82, 2.24) is 4.72 Å². The van der Waals surface area contributed by atoms with Gasteiger partial charge >= 0.3 is 0 Å². The minimum atomic E-state index is -3.74. The van der Waals surface area contributed by atoms with Crippen LogP contribution >= 0.6 is 0 Å². The molecule has 0 aliphatic heterocycles. The molecule has 0 spiro atoms. The molecule has 0 heterocycles. The fourth-order valence-corrected chi connectivity index (χ4v) is 3.80. The summed E-state index contributed by atoms with van der Waals surface area (Å²) in [6.07, 6.45) is 2.04. The molecule has 6 heteroatoms. The van der Waals surface area contributed by atoms with Crippen LogP contribution in [0.25, 0.3) is 0 Å². The Balaban J connectivity index is 3.17. The first-order valence-electron chi connectivity index (χ1n) is 6.39. The van der Waals surface area contributed by atoms with E-state index in [2.05, 4.69) is 4.72 Å². The molecule has 0 saturated heterocycles. The van der Waals surface area contributed by atoms with Crippen molar-refractivity contribution in [2.75, 3.05) is 5.73 Å². The highest BCUT2D eigenvalue weighted by molar-refractivity contribution is 7.89. The van der Waals surface area contributed by atoms with Crippen LogP contribution in [0.4, 0.5) is 10.1 Å². The number of nitrogen functional groups attached to an aromatic ring is 1. The van der Waals surface area contributed by atoms with E-state index < -0.39 is 21.4 Å². The molecule has 108 valence electrons. The zero-order valence-electron chi connectivity index (χ0n) is 11.5. The van der Waals surface area contributed by atoms with Crippen LogP contribution in [-0.2, 0) is 10.0 Å². The van der Waals surface area contributed by atoms with Crippen molar-refractivity contribution in [3.8, 4) is 0 Å². The molecular weight excluding hydrogens is 267 g/mol. The molecule has 0 bridgehead atoms. The minimum absolute atomic E-state index is 0.0753. The zero-order valence-corrected chi connectivity index (χ0v) is 12.3. The number of sulfonamides is 1. The van der Waals surface area contributed by atoms with Crippen LogP contribution in [0.2, 0.25) is 0 Å². The predicted molar refractivity (Wildman–Crippen MR) is 74.7 cm³/mol. The summed E-state index contributed by atoms with van der Waals surface area (Å²) in [5.41, 5.74) is 5.03. The third-order valence-corrected chi connectivity index (χ3v) is 5.30. The number of hydrogen-bond donors (Lipinski definition) is 2. The molecule has 0 aliphatic rings. The minimum Gasteiger partial charge on any atom is -0.398 e. The third-order valence-electron chi connectivity index (χ3n) is 3.64. The molecule has 1 aromatic rings. The molecule has 0 aromatic heterocycles. The van der Waals surface area contributed by atoms with Gasteiger partial charge in [0, 0.05) is 5.54 Å². The lowest BCUT2D eigenvalue weighted by Crippen LogP contribution is -2.47. The SMILES string of the molecule is CCC(CC)(CC)NS(=O)(=O)c1ccc(F)cc1N. The maximum atomic E-state index is 13.0. The topological polar surface area (TPSA) is 72.2 Å². The summed E-state index contributed by atoms with van der Waals surface area (Å²) in [5, 5.41) is 0. The van der Waals surface area contributed by atoms with Gasteiger partial charge in [-0.3, -0.25) is 0 Å². The Morgan fingerprint density at radius 1 is 1.21 bits per heavy atom. The van der Waals surface area contributed by atoms with Crippen LogP contribution in [0.5, 0.6) is 0 Å². The zero-order chi connectivity index (χ0) is 14.7. The van der Waals surface area contributed by atoms with Gasteiger partial charge < -0.3 is 5.73 Å². The van der Waals surface area contributed by atoms with E-state index in [4.69, 9.17) is 5.73 Å². The van der Waals surface area contributed by atoms with Crippen LogP contribution < -0.4 is 10.5 Å². The molecule has 19 heavy (non-hydrogen) atoms. The maximum Gasteiger partial charge on any atom is 0.243 e. The first-order chi connectivity index (χ1) is 8.80. The van der Waals surface area contributed by atoms with E-state index in [0.717, 1.165) is 12.1 Å². The molecule has 0 unspecified atom stereocenters. The fraction of sp³-hybridized carbons (Fsp3) is 0.538. The van der Waals surface area contributed by atoms with Crippen molar-refractivity contribution < 1.29 is 12.8 Å². The van der Waals surface area contributed by atoms with E-state index >= 15 is 0 Å². The molecule has 0 saturated carbocycles. The lowest BCUT2D eigenvalue weighted by molar-refractivity contribution is 0.342. The van der Waals surface area contributed by atoms with Gasteiger partial charge in [-0.05, 0) is 37.5 Å². The molecule has 0 aliphatic carbocycles. The van der Waals surface area contributed by atoms with Gasteiger partial charge in [-0.2, -0.15) is 0 Å². The Kier molecular flexibility index (Phi) is 4.92. The van der Waals surface area contributed by atoms with E-state index in [1.165, 1.54) is 6.07 Å². The van der Waals surface area contributed by atoms with Crippen molar-refractivity contribution in [3.63, 3.8) is 0 Å². The second kappa shape index (κ2) is 5.88. The van der Waals surface area contributed by atoms with E-state index in [1.54, 1.807) is 0 Å². The summed E-state index contributed by atoms with van der Waals surface area (Å²) in [4.78, 5) is -0.0753. The number of anilines is 1. The van der Waals surface area contributed by atoms with E-state index in [9.17, 15) is 12.8 Å². The number of rotatable bonds is 6. The summed E-state index contributed by atoms with van der Waals surface area (Å²) < 4.78 is 40.4. The standard InChI is InChI=1S/C13H21FN2O2S/c1-4-13(5-2,6-3)16-19(17,18)12-8-7-10(14)9-11(12)15/h7-9,16H,4-6,15H2,1-3H3. The number of nitrogens with one attached hydrogen (secondary N) is 1. The molecular formula is C13H21FN2O2S. The van der Waals surface area contributed by atoms with Gasteiger partial charge in [0.1, 0.15) is 10.7 Å². The van der Waals surface area contributed by atoms with Gasteiger partial charge in [0.15, 0.2) is 0 Å². The lowest BCUT2D eigenvalue weighted by atomic mass is 9.91. The van der Waals surface area contributed by atoms with Gasteiger partial charge in [-0.15, -0.1) is 0 Å². The highest BCUT2D eigenvalue weighted by Crippen LogP contribution is 2.25. The maximum absolute atomic E-state index is 13.0. The number of halogens is 1. The number of nitrogens with two attached hydrogens (primary N) is 1. The Bertz CT molecular complexity index is 531. The average molecular weight is 288 g/mol. The predicted octanol–water partition coefficient (Wildman–Crippen LogP) is 2.66. The molecule has 1 aromatic carbocycles. The molecule has 3 N–H and O–H groups in total. The van der Waals surface area contributed by atoms with Gasteiger partial charge in [0.05, 0.1) is 5.69 Å². The van der Waals surface area contributed by atoms with Gasteiger partial charge in [-0.1, -0.05) is 20.8 Å². The van der Waals surface area contributed by atoms with E-state index in [1.807, 2.05) is 20.8 Å². The van der Waals surface area contributed by atoms with Crippen molar-refractivity contribution >= 4 is 15.7 Å². The molecule has 4 nitrogen and oxygen atoms in total. The largest absolute Gasteiger partial charge is 0.398 e. The van der Waals surface area contributed by atoms with Gasteiger partial charge in [0.2, 0.25) is 10.0 Å². The summed E-state index contributed by atoms with van der Waals surface area (Å²) in [7, 11) is -3.74. The molecule has 0 amide bonds. The van der Waals surface area contributed by atoms with E-state index in [0.29, 0.717) is 19.3 Å². The van der Waals surface area contributed by atoms with Crippen molar-refractivity contribution in [2.45, 2.75) is 50.5 Å². The first-order valence-corrected chi connectivity index (χ1v) is 7.87. The molecule has 0 fully saturated rings. The van der Waals surface area contributed by atoms with Crippen molar-refractivity contribution in [1.29, 1.82) is 0 Å². The Hall–Kier alpha value is -1.14. The quantitative estimate of drug-likeness (QED) is 0.790. The summed E-state index contributed by atoms with van der Waals surface area (Å²) in [6, 6.07) is 3.30. The highest BCUT2D eigenvalue weighted by atomic mass is 32.2. The van der Waals surface area contributed by atoms with Crippen molar-refractivity contribution in [3.05, 3.63) is 24.0 Å². The summed E-state index contributed by atoms with van der Waals surface area (Å²) >= 11 is 0. The third kappa shape index (κ3) is 3.45. The Morgan fingerprint density at radius 3 is 2.16 bits per heavy atom. The van der Waals surface area contributed by atoms with Crippen molar-refractivity contribution in [2.24, 2.45) is 0 Å². The van der Waals surface area contributed by atoms with Gasteiger partial charge in [-0.25, -0.2) is 17.5 Å². The fourth-order valence-electron chi connectivity index (χ4n) is 2.07. The molecule has 0 radical (unpaired) electrons. The van der Waals surface area contributed by atoms with Crippen LogP contribution in [0.1, 0.15) is 40.0 Å². The van der Waals surface area contributed by atoms with Gasteiger partial charge in [0.25, 0.3) is 0 Å². The molecule has 1 rings (SSSR count). The number of benzene rings is 1. The Morgan fingerprint density at radius 2 is 1.74 bits per heavy atom. The van der Waals surface area contributed by atoms with Crippen LogP contribution in [0.15, 0.2) is 23.1 Å². The Labute approximate surface area is 114 Å². The first kappa shape index (κ1) is 15.9. The normalized spacial score (nSPS) is 12.6. The molecule has 0 atom stereocenters. The van der Waals surface area contributed by atoms with Crippen LogP contribution in [0.3, 0.4) is 0 Å². The average Bonchev–Trinajstić information content (AvgIpc) is 2.35.